The van der Waals surface area contributed by atoms with Crippen LogP contribution in [-0.4, -0.2) is 29.7 Å². The van der Waals surface area contributed by atoms with Crippen LogP contribution in [0.5, 0.6) is 11.5 Å². The van der Waals surface area contributed by atoms with E-state index in [1.54, 1.807) is 30.3 Å². The van der Waals surface area contributed by atoms with E-state index in [0.717, 1.165) is 22.4 Å². The zero-order valence-corrected chi connectivity index (χ0v) is 19.1. The van der Waals surface area contributed by atoms with Gasteiger partial charge in [-0.05, 0) is 85.1 Å². The Morgan fingerprint density at radius 2 is 1.78 bits per heavy atom. The van der Waals surface area contributed by atoms with E-state index in [0.29, 0.717) is 10.2 Å². The van der Waals surface area contributed by atoms with E-state index in [2.05, 4.69) is 31.8 Å². The van der Waals surface area contributed by atoms with Crippen molar-refractivity contribution in [2.45, 2.75) is 13.8 Å². The molecule has 0 atom stereocenters. The molecule has 0 spiro atoms. The maximum Gasteiger partial charge on any atom is 0.275 e. The van der Waals surface area contributed by atoms with Crippen LogP contribution in [0.3, 0.4) is 0 Å². The average Bonchev–Trinajstić information content (AvgIpc) is 2.77. The molecular formula is C24H22BrN3O4. The van der Waals surface area contributed by atoms with E-state index >= 15 is 0 Å². The van der Waals surface area contributed by atoms with Crippen molar-refractivity contribution in [3.8, 4) is 11.5 Å². The van der Waals surface area contributed by atoms with E-state index in [1.165, 1.54) is 18.3 Å². The molecule has 0 saturated carbocycles. The summed E-state index contributed by atoms with van der Waals surface area (Å²) in [5.74, 6) is -0.392. The summed E-state index contributed by atoms with van der Waals surface area (Å²) < 4.78 is 6.18. The number of phenolic OH excluding ortho intramolecular Hbond substituents is 1. The summed E-state index contributed by atoms with van der Waals surface area (Å²) in [4.78, 5) is 24.2. The van der Waals surface area contributed by atoms with Crippen LogP contribution in [-0.2, 0) is 4.79 Å². The Kier molecular flexibility index (Phi) is 7.62. The van der Waals surface area contributed by atoms with Gasteiger partial charge in [0.25, 0.3) is 11.8 Å². The van der Waals surface area contributed by atoms with Gasteiger partial charge in [0.2, 0.25) is 0 Å². The van der Waals surface area contributed by atoms with Crippen molar-refractivity contribution in [2.24, 2.45) is 5.10 Å². The second-order valence-corrected chi connectivity index (χ2v) is 7.98. The van der Waals surface area contributed by atoms with Crippen molar-refractivity contribution >= 4 is 39.6 Å². The van der Waals surface area contributed by atoms with Gasteiger partial charge < -0.3 is 15.2 Å². The summed E-state index contributed by atoms with van der Waals surface area (Å²) in [7, 11) is 0. The van der Waals surface area contributed by atoms with Crippen LogP contribution in [0.4, 0.5) is 5.69 Å². The van der Waals surface area contributed by atoms with Crippen molar-refractivity contribution in [3.63, 3.8) is 0 Å². The Balaban J connectivity index is 1.49. The number of carbonyl (C=O) groups is 2. The largest absolute Gasteiger partial charge is 0.507 e. The molecule has 0 aliphatic rings. The molecule has 3 aromatic carbocycles. The highest BCUT2D eigenvalue weighted by Crippen LogP contribution is 2.21. The third-order valence-corrected chi connectivity index (χ3v) is 5.12. The standard InChI is InChI=1S/C24H22BrN3O4/c1-15-3-7-19(11-16(15)2)27-23(30)14-32-20-8-4-17(5-9-20)13-26-28-24(31)21-12-18(25)6-10-22(21)29/h3-13,29H,14H2,1-2H3,(H,27,30)(H,28,31). The number of amides is 2. The van der Waals surface area contributed by atoms with Crippen LogP contribution < -0.4 is 15.5 Å². The van der Waals surface area contributed by atoms with E-state index in [4.69, 9.17) is 4.74 Å². The molecule has 0 saturated heterocycles. The maximum absolute atomic E-state index is 12.1. The predicted molar refractivity (Wildman–Crippen MR) is 127 cm³/mol. The van der Waals surface area contributed by atoms with Crippen molar-refractivity contribution in [2.75, 3.05) is 11.9 Å². The average molecular weight is 496 g/mol. The maximum atomic E-state index is 12.1. The van der Waals surface area contributed by atoms with Gasteiger partial charge in [0.1, 0.15) is 11.5 Å². The Bertz CT molecular complexity index is 1160. The summed E-state index contributed by atoms with van der Waals surface area (Å²) in [6.07, 6.45) is 1.46. The molecule has 32 heavy (non-hydrogen) atoms. The lowest BCUT2D eigenvalue weighted by Gasteiger charge is -2.09. The summed E-state index contributed by atoms with van der Waals surface area (Å²) >= 11 is 3.25. The van der Waals surface area contributed by atoms with Crippen LogP contribution in [0.25, 0.3) is 0 Å². The van der Waals surface area contributed by atoms with Crippen LogP contribution in [0.15, 0.2) is 70.2 Å². The number of aromatic hydroxyl groups is 1. The van der Waals surface area contributed by atoms with Crippen LogP contribution >= 0.6 is 15.9 Å². The molecule has 0 fully saturated rings. The summed E-state index contributed by atoms with van der Waals surface area (Å²) in [6, 6.07) is 17.2. The lowest BCUT2D eigenvalue weighted by atomic mass is 10.1. The number of halogens is 1. The molecule has 2 amide bonds. The van der Waals surface area contributed by atoms with Crippen LogP contribution in [0.2, 0.25) is 0 Å². The molecule has 164 valence electrons. The van der Waals surface area contributed by atoms with E-state index in [1.807, 2.05) is 32.0 Å². The quantitative estimate of drug-likeness (QED) is 0.330. The Morgan fingerprint density at radius 1 is 1.03 bits per heavy atom. The number of carbonyl (C=O) groups excluding carboxylic acids is 2. The number of ether oxygens (including phenoxy) is 1. The highest BCUT2D eigenvalue weighted by molar-refractivity contribution is 9.10. The first-order chi connectivity index (χ1) is 15.3. The molecule has 0 bridgehead atoms. The monoisotopic (exact) mass is 495 g/mol. The number of hydrogen-bond acceptors (Lipinski definition) is 5. The van der Waals surface area contributed by atoms with Gasteiger partial charge in [-0.3, -0.25) is 9.59 Å². The number of phenols is 1. The Labute approximate surface area is 194 Å². The fourth-order valence-corrected chi connectivity index (χ4v) is 3.09. The number of nitrogens with one attached hydrogen (secondary N) is 2. The summed E-state index contributed by atoms with van der Waals surface area (Å²) in [6.45, 7) is 3.88. The van der Waals surface area contributed by atoms with E-state index in [9.17, 15) is 14.7 Å². The number of benzene rings is 3. The first-order valence-corrected chi connectivity index (χ1v) is 10.5. The molecule has 7 nitrogen and oxygen atoms in total. The molecule has 0 heterocycles. The van der Waals surface area contributed by atoms with Crippen molar-refractivity contribution in [1.29, 1.82) is 0 Å². The molecule has 3 N–H and O–H groups in total. The lowest BCUT2D eigenvalue weighted by molar-refractivity contribution is -0.118. The first-order valence-electron chi connectivity index (χ1n) is 9.74. The first kappa shape index (κ1) is 23.0. The highest BCUT2D eigenvalue weighted by Gasteiger charge is 2.10. The second kappa shape index (κ2) is 10.6. The van der Waals surface area contributed by atoms with Crippen LogP contribution in [0, 0.1) is 13.8 Å². The topological polar surface area (TPSA) is 100 Å². The molecule has 3 rings (SSSR count). The van der Waals surface area contributed by atoms with Gasteiger partial charge in [-0.15, -0.1) is 0 Å². The zero-order chi connectivity index (χ0) is 23.1. The predicted octanol–water partition coefficient (Wildman–Crippen LogP) is 4.55. The molecule has 0 radical (unpaired) electrons. The van der Waals surface area contributed by atoms with E-state index in [-0.39, 0.29) is 23.8 Å². The third kappa shape index (κ3) is 6.42. The Hall–Kier alpha value is -3.65. The number of hydrogen-bond donors (Lipinski definition) is 3. The van der Waals surface area contributed by atoms with Crippen molar-refractivity contribution in [3.05, 3.63) is 87.4 Å². The van der Waals surface area contributed by atoms with Gasteiger partial charge in [0.15, 0.2) is 6.61 Å². The minimum Gasteiger partial charge on any atom is -0.507 e. The highest BCUT2D eigenvalue weighted by atomic mass is 79.9. The SMILES string of the molecule is Cc1ccc(NC(=O)COc2ccc(C=NNC(=O)c3cc(Br)ccc3O)cc2)cc1C. The van der Waals surface area contributed by atoms with Crippen LogP contribution in [0.1, 0.15) is 27.0 Å². The molecule has 0 aromatic heterocycles. The Morgan fingerprint density at radius 3 is 2.50 bits per heavy atom. The minimum absolute atomic E-state index is 0.111. The minimum atomic E-state index is -0.533. The number of rotatable bonds is 7. The normalized spacial score (nSPS) is 10.7. The molecule has 0 unspecified atom stereocenters. The number of nitrogens with zero attached hydrogens (tertiary/aromatic N) is 1. The molecule has 8 heteroatoms. The number of hydrazone groups is 1. The third-order valence-electron chi connectivity index (χ3n) is 4.62. The zero-order valence-electron chi connectivity index (χ0n) is 17.6. The van der Waals surface area contributed by atoms with Gasteiger partial charge in [0.05, 0.1) is 11.8 Å². The number of anilines is 1. The lowest BCUT2D eigenvalue weighted by Crippen LogP contribution is -2.20. The fraction of sp³-hybridized carbons (Fsp3) is 0.125. The summed E-state index contributed by atoms with van der Waals surface area (Å²) in [5.41, 5.74) is 6.19. The molecule has 0 aliphatic carbocycles. The number of aryl methyl sites for hydroxylation is 2. The van der Waals surface area contributed by atoms with Crippen molar-refractivity contribution in [1.82, 2.24) is 5.43 Å². The molecule has 0 aliphatic heterocycles. The fourth-order valence-electron chi connectivity index (χ4n) is 2.73. The second-order valence-electron chi connectivity index (χ2n) is 7.07. The van der Waals surface area contributed by atoms with Gasteiger partial charge >= 0.3 is 0 Å². The van der Waals surface area contributed by atoms with Gasteiger partial charge in [-0.2, -0.15) is 5.10 Å². The van der Waals surface area contributed by atoms with Gasteiger partial charge in [-0.1, -0.05) is 22.0 Å². The van der Waals surface area contributed by atoms with Gasteiger partial charge in [-0.25, -0.2) is 5.43 Å². The summed E-state index contributed by atoms with van der Waals surface area (Å²) in [5, 5.41) is 16.5. The van der Waals surface area contributed by atoms with E-state index < -0.39 is 5.91 Å². The van der Waals surface area contributed by atoms with Gasteiger partial charge in [0, 0.05) is 10.2 Å². The molecular weight excluding hydrogens is 474 g/mol. The smallest absolute Gasteiger partial charge is 0.275 e. The van der Waals surface area contributed by atoms with Crippen molar-refractivity contribution < 1.29 is 19.4 Å². The molecule has 3 aromatic rings.